The van der Waals surface area contributed by atoms with E-state index in [0.717, 1.165) is 5.56 Å². The highest BCUT2D eigenvalue weighted by Crippen LogP contribution is 2.12. The molecule has 1 aliphatic rings. The SMILES string of the molecule is CNCC1CN(S(=O)(=O)CCc2ccccc2)CCO1. The standard InChI is InChI=1S/C14H22N2O3S/c1-15-11-14-12-16(8-9-19-14)20(17,18)10-7-13-5-3-2-4-6-13/h2-6,14-15H,7-12H2,1H3. The molecule has 1 aromatic carbocycles. The van der Waals surface area contributed by atoms with Gasteiger partial charge >= 0.3 is 0 Å². The Balaban J connectivity index is 1.92. The molecule has 1 atom stereocenters. The van der Waals surface area contributed by atoms with Gasteiger partial charge in [0.15, 0.2) is 0 Å². The fourth-order valence-electron chi connectivity index (χ4n) is 2.32. The Morgan fingerprint density at radius 2 is 2.10 bits per heavy atom. The van der Waals surface area contributed by atoms with Gasteiger partial charge in [0.1, 0.15) is 0 Å². The Morgan fingerprint density at radius 3 is 2.80 bits per heavy atom. The first-order chi connectivity index (χ1) is 9.62. The minimum Gasteiger partial charge on any atom is -0.374 e. The summed E-state index contributed by atoms with van der Waals surface area (Å²) in [5.74, 6) is 0.156. The predicted octanol–water partition coefficient (Wildman–Crippen LogP) is 0.479. The van der Waals surface area contributed by atoms with Gasteiger partial charge in [-0.2, -0.15) is 4.31 Å². The number of hydrogen-bond donors (Lipinski definition) is 1. The average molecular weight is 298 g/mol. The van der Waals surface area contributed by atoms with E-state index in [1.165, 1.54) is 0 Å². The number of aryl methyl sites for hydroxylation is 1. The first-order valence-corrected chi connectivity index (χ1v) is 8.50. The van der Waals surface area contributed by atoms with Gasteiger partial charge in [-0.3, -0.25) is 0 Å². The Labute approximate surface area is 121 Å². The Bertz CT molecular complexity index is 502. The van der Waals surface area contributed by atoms with Crippen molar-refractivity contribution >= 4 is 10.0 Å². The molecular weight excluding hydrogens is 276 g/mol. The zero-order valence-corrected chi connectivity index (χ0v) is 12.6. The van der Waals surface area contributed by atoms with Crippen LogP contribution in [0.15, 0.2) is 30.3 Å². The van der Waals surface area contributed by atoms with Crippen LogP contribution in [-0.4, -0.2) is 57.9 Å². The zero-order valence-electron chi connectivity index (χ0n) is 11.8. The minimum atomic E-state index is -3.21. The van der Waals surface area contributed by atoms with Crippen LogP contribution in [0.4, 0.5) is 0 Å². The first-order valence-electron chi connectivity index (χ1n) is 6.90. The lowest BCUT2D eigenvalue weighted by Crippen LogP contribution is -2.49. The summed E-state index contributed by atoms with van der Waals surface area (Å²) in [4.78, 5) is 0. The highest BCUT2D eigenvalue weighted by atomic mass is 32.2. The van der Waals surface area contributed by atoms with E-state index in [1.807, 2.05) is 37.4 Å². The molecular formula is C14H22N2O3S. The summed E-state index contributed by atoms with van der Waals surface area (Å²) in [5, 5.41) is 3.02. The Hall–Kier alpha value is -0.950. The summed E-state index contributed by atoms with van der Waals surface area (Å²) in [6, 6.07) is 9.71. The van der Waals surface area contributed by atoms with Crippen LogP contribution in [0.5, 0.6) is 0 Å². The summed E-state index contributed by atoms with van der Waals surface area (Å²) >= 11 is 0. The van der Waals surface area contributed by atoms with Gasteiger partial charge in [0.05, 0.1) is 18.5 Å². The van der Waals surface area contributed by atoms with Crippen molar-refractivity contribution in [1.82, 2.24) is 9.62 Å². The molecule has 0 bridgehead atoms. The molecule has 1 aliphatic heterocycles. The summed E-state index contributed by atoms with van der Waals surface area (Å²) in [6.45, 7) is 2.04. The van der Waals surface area contributed by atoms with Crippen molar-refractivity contribution in [1.29, 1.82) is 0 Å². The topological polar surface area (TPSA) is 58.6 Å². The van der Waals surface area contributed by atoms with Crippen LogP contribution in [0, 0.1) is 0 Å². The average Bonchev–Trinajstić information content (AvgIpc) is 2.47. The molecule has 5 nitrogen and oxygen atoms in total. The van der Waals surface area contributed by atoms with Crippen molar-refractivity contribution in [2.45, 2.75) is 12.5 Å². The molecule has 0 amide bonds. The zero-order chi connectivity index (χ0) is 14.4. The number of nitrogens with zero attached hydrogens (tertiary/aromatic N) is 1. The summed E-state index contributed by atoms with van der Waals surface area (Å²) in [5.41, 5.74) is 1.05. The monoisotopic (exact) mass is 298 g/mol. The molecule has 0 saturated carbocycles. The second-order valence-electron chi connectivity index (χ2n) is 4.96. The van der Waals surface area contributed by atoms with Gasteiger partial charge in [0.2, 0.25) is 10.0 Å². The van der Waals surface area contributed by atoms with Crippen molar-refractivity contribution in [2.24, 2.45) is 0 Å². The lowest BCUT2D eigenvalue weighted by Gasteiger charge is -2.32. The molecule has 0 radical (unpaired) electrons. The molecule has 1 unspecified atom stereocenters. The normalized spacial score (nSPS) is 20.9. The van der Waals surface area contributed by atoms with E-state index >= 15 is 0 Å². The highest BCUT2D eigenvalue weighted by Gasteiger charge is 2.28. The van der Waals surface area contributed by atoms with E-state index in [-0.39, 0.29) is 11.9 Å². The maximum absolute atomic E-state index is 12.4. The van der Waals surface area contributed by atoms with Crippen LogP contribution in [0.25, 0.3) is 0 Å². The van der Waals surface area contributed by atoms with Crippen molar-refractivity contribution in [3.8, 4) is 0 Å². The molecule has 1 aromatic rings. The van der Waals surface area contributed by atoms with Crippen molar-refractivity contribution in [3.05, 3.63) is 35.9 Å². The predicted molar refractivity (Wildman–Crippen MR) is 79.2 cm³/mol. The molecule has 1 fully saturated rings. The molecule has 0 spiro atoms. The fourth-order valence-corrected chi connectivity index (χ4v) is 3.81. The Kier molecular flexibility index (Phi) is 5.54. The summed E-state index contributed by atoms with van der Waals surface area (Å²) in [7, 11) is -1.37. The number of likely N-dealkylation sites (N-methyl/N-ethyl adjacent to an activating group) is 1. The molecule has 1 heterocycles. The number of benzene rings is 1. The van der Waals surface area contributed by atoms with Gasteiger partial charge < -0.3 is 10.1 Å². The van der Waals surface area contributed by atoms with E-state index in [2.05, 4.69) is 5.32 Å². The van der Waals surface area contributed by atoms with Gasteiger partial charge in [-0.1, -0.05) is 30.3 Å². The molecule has 1 saturated heterocycles. The maximum atomic E-state index is 12.4. The molecule has 0 aliphatic carbocycles. The van der Waals surface area contributed by atoms with Gasteiger partial charge in [-0.15, -0.1) is 0 Å². The van der Waals surface area contributed by atoms with Crippen molar-refractivity contribution in [2.75, 3.05) is 39.0 Å². The van der Waals surface area contributed by atoms with E-state index in [4.69, 9.17) is 4.74 Å². The molecule has 2 rings (SSSR count). The number of hydrogen-bond acceptors (Lipinski definition) is 4. The maximum Gasteiger partial charge on any atom is 0.214 e. The number of nitrogens with one attached hydrogen (secondary N) is 1. The van der Waals surface area contributed by atoms with Crippen LogP contribution in [0.3, 0.4) is 0 Å². The smallest absolute Gasteiger partial charge is 0.214 e. The van der Waals surface area contributed by atoms with Gasteiger partial charge in [0, 0.05) is 19.6 Å². The van der Waals surface area contributed by atoms with E-state index in [1.54, 1.807) is 4.31 Å². The third kappa shape index (κ3) is 4.28. The highest BCUT2D eigenvalue weighted by molar-refractivity contribution is 7.89. The van der Waals surface area contributed by atoms with Crippen LogP contribution >= 0.6 is 0 Å². The Morgan fingerprint density at radius 1 is 1.35 bits per heavy atom. The molecule has 1 N–H and O–H groups in total. The molecule has 0 aromatic heterocycles. The lowest BCUT2D eigenvalue weighted by molar-refractivity contribution is 0.000846. The van der Waals surface area contributed by atoms with E-state index in [9.17, 15) is 8.42 Å². The molecule has 20 heavy (non-hydrogen) atoms. The number of sulfonamides is 1. The quantitative estimate of drug-likeness (QED) is 0.830. The van der Waals surface area contributed by atoms with Crippen molar-refractivity contribution < 1.29 is 13.2 Å². The number of ether oxygens (including phenoxy) is 1. The van der Waals surface area contributed by atoms with Gasteiger partial charge in [0.25, 0.3) is 0 Å². The van der Waals surface area contributed by atoms with Gasteiger partial charge in [-0.05, 0) is 19.0 Å². The third-order valence-electron chi connectivity index (χ3n) is 3.42. The lowest BCUT2D eigenvalue weighted by atomic mass is 10.2. The second-order valence-corrected chi connectivity index (χ2v) is 7.05. The van der Waals surface area contributed by atoms with Gasteiger partial charge in [-0.25, -0.2) is 8.42 Å². The van der Waals surface area contributed by atoms with Crippen molar-refractivity contribution in [3.63, 3.8) is 0 Å². The van der Waals surface area contributed by atoms with Crippen LogP contribution < -0.4 is 5.32 Å². The second kappa shape index (κ2) is 7.17. The van der Waals surface area contributed by atoms with E-state index < -0.39 is 10.0 Å². The van der Waals surface area contributed by atoms with Crippen LogP contribution in [0.2, 0.25) is 0 Å². The molecule has 6 heteroatoms. The molecule has 112 valence electrons. The van der Waals surface area contributed by atoms with E-state index in [0.29, 0.717) is 32.7 Å². The number of morpholine rings is 1. The van der Waals surface area contributed by atoms with Crippen LogP contribution in [0.1, 0.15) is 5.56 Å². The number of rotatable bonds is 6. The van der Waals surface area contributed by atoms with Crippen LogP contribution in [-0.2, 0) is 21.2 Å². The fraction of sp³-hybridized carbons (Fsp3) is 0.571. The summed E-state index contributed by atoms with van der Waals surface area (Å²) < 4.78 is 31.8. The third-order valence-corrected chi connectivity index (χ3v) is 5.26. The summed E-state index contributed by atoms with van der Waals surface area (Å²) in [6.07, 6.45) is 0.497. The first kappa shape index (κ1) is 15.4. The minimum absolute atomic E-state index is 0.0553. The largest absolute Gasteiger partial charge is 0.374 e.